The van der Waals surface area contributed by atoms with Gasteiger partial charge in [0.1, 0.15) is 0 Å². The van der Waals surface area contributed by atoms with E-state index in [0.29, 0.717) is 5.92 Å². The normalized spacial score (nSPS) is 17.3. The molecule has 2 heteroatoms. The lowest BCUT2D eigenvalue weighted by Crippen LogP contribution is -2.21. The van der Waals surface area contributed by atoms with Crippen LogP contribution in [0.4, 0.5) is 0 Å². The van der Waals surface area contributed by atoms with E-state index in [9.17, 15) is 0 Å². The molecule has 2 aromatic rings. The zero-order chi connectivity index (χ0) is 10.1. The zero-order valence-electron chi connectivity index (χ0n) is 8.53. The molecule has 0 amide bonds. The van der Waals surface area contributed by atoms with E-state index in [0.717, 1.165) is 13.1 Å². The average molecular weight is 198 g/mol. The van der Waals surface area contributed by atoms with E-state index < -0.39 is 0 Å². The summed E-state index contributed by atoms with van der Waals surface area (Å²) in [5, 5.41) is 2.72. The molecule has 76 valence electrons. The van der Waals surface area contributed by atoms with Crippen molar-refractivity contribution in [3.63, 3.8) is 0 Å². The van der Waals surface area contributed by atoms with Crippen molar-refractivity contribution in [1.29, 1.82) is 0 Å². The van der Waals surface area contributed by atoms with Crippen LogP contribution in [0.15, 0.2) is 42.5 Å². The number of fused-ring (bicyclic) bond motifs is 1. The topological polar surface area (TPSA) is 24.1 Å². The lowest BCUT2D eigenvalue weighted by Gasteiger charge is -2.11. The fourth-order valence-electron chi connectivity index (χ4n) is 2.29. The Morgan fingerprint density at radius 2 is 1.60 bits per heavy atom. The maximum absolute atomic E-state index is 3.19. The van der Waals surface area contributed by atoms with Crippen molar-refractivity contribution in [3.05, 3.63) is 48.0 Å². The van der Waals surface area contributed by atoms with E-state index in [2.05, 4.69) is 53.3 Å². The van der Waals surface area contributed by atoms with Gasteiger partial charge < -0.3 is 0 Å². The molecule has 1 fully saturated rings. The second kappa shape index (κ2) is 3.65. The van der Waals surface area contributed by atoms with Crippen molar-refractivity contribution >= 4 is 10.8 Å². The van der Waals surface area contributed by atoms with Gasteiger partial charge in [0.25, 0.3) is 0 Å². The highest BCUT2D eigenvalue weighted by Gasteiger charge is 2.17. The summed E-state index contributed by atoms with van der Waals surface area (Å²) >= 11 is 0. The number of nitrogens with one attached hydrogen (secondary N) is 2. The molecule has 1 saturated heterocycles. The summed E-state index contributed by atoms with van der Waals surface area (Å²) in [7, 11) is 0. The Hall–Kier alpha value is -1.38. The van der Waals surface area contributed by atoms with Crippen LogP contribution >= 0.6 is 0 Å². The molecule has 0 saturated carbocycles. The number of hydrazine groups is 1. The Morgan fingerprint density at radius 3 is 2.47 bits per heavy atom. The van der Waals surface area contributed by atoms with E-state index >= 15 is 0 Å². The number of hydrogen-bond acceptors (Lipinski definition) is 2. The first-order valence-corrected chi connectivity index (χ1v) is 5.38. The third-order valence-corrected chi connectivity index (χ3v) is 3.09. The molecule has 3 rings (SSSR count). The van der Waals surface area contributed by atoms with Crippen molar-refractivity contribution in [2.24, 2.45) is 0 Å². The van der Waals surface area contributed by atoms with Crippen LogP contribution in [0.5, 0.6) is 0 Å². The first-order valence-electron chi connectivity index (χ1n) is 5.38. The monoisotopic (exact) mass is 198 g/mol. The molecule has 0 bridgehead atoms. The Labute approximate surface area is 89.3 Å². The van der Waals surface area contributed by atoms with Gasteiger partial charge in [-0.1, -0.05) is 42.5 Å². The Kier molecular flexibility index (Phi) is 2.16. The predicted octanol–water partition coefficient (Wildman–Crippen LogP) is 2.03. The SMILES string of the molecule is c1ccc2c(C3CNNC3)cccc2c1. The first kappa shape index (κ1) is 8.89. The van der Waals surface area contributed by atoms with Crippen LogP contribution in [0.25, 0.3) is 10.8 Å². The largest absolute Gasteiger partial charge is 0.257 e. The molecule has 0 aliphatic carbocycles. The standard InChI is InChI=1S/C13H14N2/c1-2-6-12-10(4-1)5-3-7-13(12)11-8-14-15-9-11/h1-7,11,14-15H,8-9H2. The Bertz CT molecular complexity index is 467. The van der Waals surface area contributed by atoms with Gasteiger partial charge in [-0.05, 0) is 16.3 Å². The van der Waals surface area contributed by atoms with Crippen LogP contribution in [0.3, 0.4) is 0 Å². The molecule has 0 unspecified atom stereocenters. The van der Waals surface area contributed by atoms with Gasteiger partial charge in [-0.25, -0.2) is 0 Å². The third kappa shape index (κ3) is 1.52. The Balaban J connectivity index is 2.16. The highest BCUT2D eigenvalue weighted by Crippen LogP contribution is 2.25. The van der Waals surface area contributed by atoms with Gasteiger partial charge in [-0.2, -0.15) is 0 Å². The Morgan fingerprint density at radius 1 is 0.867 bits per heavy atom. The van der Waals surface area contributed by atoms with Gasteiger partial charge in [0, 0.05) is 19.0 Å². The van der Waals surface area contributed by atoms with Crippen LogP contribution in [0.2, 0.25) is 0 Å². The highest BCUT2D eigenvalue weighted by atomic mass is 15.4. The fourth-order valence-corrected chi connectivity index (χ4v) is 2.29. The summed E-state index contributed by atoms with van der Waals surface area (Å²) in [6, 6.07) is 15.2. The number of benzene rings is 2. The summed E-state index contributed by atoms with van der Waals surface area (Å²) in [4.78, 5) is 0. The fraction of sp³-hybridized carbons (Fsp3) is 0.231. The zero-order valence-corrected chi connectivity index (χ0v) is 8.53. The molecule has 2 nitrogen and oxygen atoms in total. The minimum Gasteiger partial charge on any atom is -0.257 e. The highest BCUT2D eigenvalue weighted by molar-refractivity contribution is 5.86. The summed E-state index contributed by atoms with van der Waals surface area (Å²) < 4.78 is 0. The van der Waals surface area contributed by atoms with Crippen LogP contribution in [-0.2, 0) is 0 Å². The molecule has 1 aliphatic heterocycles. The molecule has 0 spiro atoms. The molecule has 0 radical (unpaired) electrons. The summed E-state index contributed by atoms with van der Waals surface area (Å²) in [6.45, 7) is 2.04. The van der Waals surface area contributed by atoms with E-state index in [1.165, 1.54) is 16.3 Å². The number of rotatable bonds is 1. The maximum atomic E-state index is 3.19. The molecule has 1 aliphatic rings. The van der Waals surface area contributed by atoms with Crippen LogP contribution in [0.1, 0.15) is 11.5 Å². The third-order valence-electron chi connectivity index (χ3n) is 3.09. The van der Waals surface area contributed by atoms with E-state index in [-0.39, 0.29) is 0 Å². The molecule has 1 heterocycles. The molecular formula is C13H14N2. The minimum absolute atomic E-state index is 0.594. The van der Waals surface area contributed by atoms with Crippen molar-refractivity contribution in [1.82, 2.24) is 10.9 Å². The second-order valence-electron chi connectivity index (χ2n) is 4.03. The summed E-state index contributed by atoms with van der Waals surface area (Å²) in [5.74, 6) is 0.594. The lowest BCUT2D eigenvalue weighted by molar-refractivity contribution is 0.689. The quantitative estimate of drug-likeness (QED) is 0.732. The van der Waals surface area contributed by atoms with Gasteiger partial charge >= 0.3 is 0 Å². The van der Waals surface area contributed by atoms with Crippen LogP contribution in [-0.4, -0.2) is 13.1 Å². The van der Waals surface area contributed by atoms with Gasteiger partial charge in [-0.3, -0.25) is 10.9 Å². The lowest BCUT2D eigenvalue weighted by atomic mass is 9.94. The van der Waals surface area contributed by atoms with Gasteiger partial charge in [-0.15, -0.1) is 0 Å². The van der Waals surface area contributed by atoms with E-state index in [4.69, 9.17) is 0 Å². The molecule has 0 aromatic heterocycles. The van der Waals surface area contributed by atoms with Crippen molar-refractivity contribution < 1.29 is 0 Å². The van der Waals surface area contributed by atoms with Crippen LogP contribution < -0.4 is 10.9 Å². The van der Waals surface area contributed by atoms with E-state index in [1.54, 1.807) is 0 Å². The molecule has 15 heavy (non-hydrogen) atoms. The maximum Gasteiger partial charge on any atom is 0.0182 e. The predicted molar refractivity (Wildman–Crippen MR) is 62.7 cm³/mol. The van der Waals surface area contributed by atoms with Gasteiger partial charge in [0.2, 0.25) is 0 Å². The molecule has 2 N–H and O–H groups in total. The molecule has 0 atom stereocenters. The second-order valence-corrected chi connectivity index (χ2v) is 4.03. The minimum atomic E-state index is 0.594. The average Bonchev–Trinajstić information content (AvgIpc) is 2.82. The summed E-state index contributed by atoms with van der Waals surface area (Å²) in [5.41, 5.74) is 7.82. The molecular weight excluding hydrogens is 184 g/mol. The number of hydrogen-bond donors (Lipinski definition) is 2. The van der Waals surface area contributed by atoms with Gasteiger partial charge in [0.05, 0.1) is 0 Å². The van der Waals surface area contributed by atoms with Gasteiger partial charge in [0.15, 0.2) is 0 Å². The first-order chi connectivity index (χ1) is 7.45. The smallest absolute Gasteiger partial charge is 0.0182 e. The van der Waals surface area contributed by atoms with E-state index in [1.807, 2.05) is 0 Å². The van der Waals surface area contributed by atoms with Crippen molar-refractivity contribution in [2.45, 2.75) is 5.92 Å². The van der Waals surface area contributed by atoms with Crippen LogP contribution in [0, 0.1) is 0 Å². The molecule has 2 aromatic carbocycles. The van der Waals surface area contributed by atoms with Crippen molar-refractivity contribution in [2.75, 3.05) is 13.1 Å². The summed E-state index contributed by atoms with van der Waals surface area (Å²) in [6.07, 6.45) is 0. The van der Waals surface area contributed by atoms with Crippen molar-refractivity contribution in [3.8, 4) is 0 Å².